The highest BCUT2D eigenvalue weighted by molar-refractivity contribution is 5.81. The van der Waals surface area contributed by atoms with Crippen molar-refractivity contribution < 1.29 is 4.79 Å². The summed E-state index contributed by atoms with van der Waals surface area (Å²) >= 11 is 0. The number of hydrogen-bond donors (Lipinski definition) is 2. The number of rotatable bonds is 4. The zero-order valence-corrected chi connectivity index (χ0v) is 9.62. The van der Waals surface area contributed by atoms with Gasteiger partial charge in [-0.25, -0.2) is 0 Å². The number of nitrogens with one attached hydrogen (secondary N) is 2. The standard InChI is InChI=1S/C11H21N3O/c1-14(2)11(15)10-6-5-9(13-10)7-12-8-3-4-8/h8-10,12-13H,3-7H2,1-2H3. The molecule has 1 amide bonds. The summed E-state index contributed by atoms with van der Waals surface area (Å²) in [5.74, 6) is 0.212. The highest BCUT2D eigenvalue weighted by Crippen LogP contribution is 2.20. The van der Waals surface area contributed by atoms with Crippen molar-refractivity contribution in [2.45, 2.75) is 43.8 Å². The summed E-state index contributed by atoms with van der Waals surface area (Å²) in [5.41, 5.74) is 0. The second-order valence-corrected chi connectivity index (χ2v) is 4.91. The average molecular weight is 211 g/mol. The van der Waals surface area contributed by atoms with Gasteiger partial charge < -0.3 is 15.5 Å². The first kappa shape index (κ1) is 10.9. The van der Waals surface area contributed by atoms with E-state index in [1.807, 2.05) is 14.1 Å². The summed E-state index contributed by atoms with van der Waals surface area (Å²) in [5, 5.41) is 6.90. The molecule has 1 aliphatic heterocycles. The van der Waals surface area contributed by atoms with Gasteiger partial charge in [0.25, 0.3) is 0 Å². The Morgan fingerprint density at radius 3 is 2.67 bits per heavy atom. The van der Waals surface area contributed by atoms with Gasteiger partial charge in [-0.1, -0.05) is 0 Å². The molecule has 2 atom stereocenters. The predicted octanol–water partition coefficient (Wildman–Crippen LogP) is -0.0528. The van der Waals surface area contributed by atoms with Gasteiger partial charge in [0.05, 0.1) is 6.04 Å². The molecule has 0 bridgehead atoms. The number of likely N-dealkylation sites (N-methyl/N-ethyl adjacent to an activating group) is 1. The van der Waals surface area contributed by atoms with Gasteiger partial charge in [-0.05, 0) is 25.7 Å². The lowest BCUT2D eigenvalue weighted by Gasteiger charge is -2.18. The fourth-order valence-corrected chi connectivity index (χ4v) is 2.08. The van der Waals surface area contributed by atoms with Crippen LogP contribution < -0.4 is 10.6 Å². The van der Waals surface area contributed by atoms with E-state index in [1.165, 1.54) is 12.8 Å². The zero-order valence-electron chi connectivity index (χ0n) is 9.62. The number of amides is 1. The molecule has 2 rings (SSSR count). The number of carbonyl (C=O) groups is 1. The molecule has 4 heteroatoms. The minimum absolute atomic E-state index is 0.0472. The second-order valence-electron chi connectivity index (χ2n) is 4.91. The molecular formula is C11H21N3O. The van der Waals surface area contributed by atoms with Crippen LogP contribution in [0.5, 0.6) is 0 Å². The molecule has 0 aromatic carbocycles. The molecule has 15 heavy (non-hydrogen) atoms. The number of carbonyl (C=O) groups excluding carboxylic acids is 1. The summed E-state index contributed by atoms with van der Waals surface area (Å²) in [7, 11) is 3.64. The molecule has 0 spiro atoms. The molecule has 0 aromatic rings. The molecule has 2 unspecified atom stereocenters. The van der Waals surface area contributed by atoms with Crippen molar-refractivity contribution in [3.63, 3.8) is 0 Å². The molecule has 2 aliphatic rings. The Hall–Kier alpha value is -0.610. The van der Waals surface area contributed by atoms with Gasteiger partial charge in [0.15, 0.2) is 0 Å². The second kappa shape index (κ2) is 4.49. The van der Waals surface area contributed by atoms with Crippen LogP contribution in [0.1, 0.15) is 25.7 Å². The van der Waals surface area contributed by atoms with Crippen LogP contribution in [0.2, 0.25) is 0 Å². The van der Waals surface area contributed by atoms with Gasteiger partial charge in [-0.2, -0.15) is 0 Å². The third-order valence-electron chi connectivity index (χ3n) is 3.21. The van der Waals surface area contributed by atoms with E-state index >= 15 is 0 Å². The van der Waals surface area contributed by atoms with Crippen LogP contribution in [0.4, 0.5) is 0 Å². The topological polar surface area (TPSA) is 44.4 Å². The summed E-state index contributed by atoms with van der Waals surface area (Å²) in [6.07, 6.45) is 4.75. The van der Waals surface area contributed by atoms with Crippen molar-refractivity contribution in [2.75, 3.05) is 20.6 Å². The molecule has 0 radical (unpaired) electrons. The molecule has 0 aromatic heterocycles. The average Bonchev–Trinajstić information content (AvgIpc) is 2.92. The molecule has 2 N–H and O–H groups in total. The van der Waals surface area contributed by atoms with Crippen molar-refractivity contribution in [3.05, 3.63) is 0 Å². The van der Waals surface area contributed by atoms with E-state index in [2.05, 4.69) is 10.6 Å². The van der Waals surface area contributed by atoms with Crippen molar-refractivity contribution in [3.8, 4) is 0 Å². The minimum atomic E-state index is 0.0472. The minimum Gasteiger partial charge on any atom is -0.347 e. The summed E-state index contributed by atoms with van der Waals surface area (Å²) in [6.45, 7) is 1.02. The molecule has 86 valence electrons. The Bertz CT molecular complexity index is 238. The quantitative estimate of drug-likeness (QED) is 0.685. The van der Waals surface area contributed by atoms with Gasteiger partial charge >= 0.3 is 0 Å². The predicted molar refractivity (Wildman–Crippen MR) is 59.7 cm³/mol. The third-order valence-corrected chi connectivity index (χ3v) is 3.21. The highest BCUT2D eigenvalue weighted by Gasteiger charge is 2.30. The fourth-order valence-electron chi connectivity index (χ4n) is 2.08. The molecule has 1 heterocycles. The van der Waals surface area contributed by atoms with Crippen LogP contribution in [-0.4, -0.2) is 49.6 Å². The van der Waals surface area contributed by atoms with Gasteiger partial charge in [-0.3, -0.25) is 4.79 Å². The van der Waals surface area contributed by atoms with Crippen LogP contribution in [-0.2, 0) is 4.79 Å². The van der Waals surface area contributed by atoms with E-state index in [4.69, 9.17) is 0 Å². The lowest BCUT2D eigenvalue weighted by atomic mass is 10.2. The van der Waals surface area contributed by atoms with Gasteiger partial charge in [-0.15, -0.1) is 0 Å². The first-order chi connectivity index (χ1) is 7.16. The normalized spacial score (nSPS) is 30.5. The molecule has 1 saturated carbocycles. The molecule has 1 saturated heterocycles. The van der Waals surface area contributed by atoms with Crippen LogP contribution in [0.3, 0.4) is 0 Å². The maximum atomic E-state index is 11.7. The SMILES string of the molecule is CN(C)C(=O)C1CCC(CNC2CC2)N1. The fraction of sp³-hybridized carbons (Fsp3) is 0.909. The Morgan fingerprint density at radius 2 is 2.07 bits per heavy atom. The molecule has 2 fully saturated rings. The Balaban J connectivity index is 1.70. The lowest BCUT2D eigenvalue weighted by molar-refractivity contribution is -0.130. The third kappa shape index (κ3) is 2.92. The highest BCUT2D eigenvalue weighted by atomic mass is 16.2. The van der Waals surface area contributed by atoms with E-state index in [-0.39, 0.29) is 11.9 Å². The van der Waals surface area contributed by atoms with Crippen molar-refractivity contribution in [2.24, 2.45) is 0 Å². The van der Waals surface area contributed by atoms with Crippen LogP contribution in [0.25, 0.3) is 0 Å². The molecular weight excluding hydrogens is 190 g/mol. The first-order valence-electron chi connectivity index (χ1n) is 5.87. The van der Waals surface area contributed by atoms with Gasteiger partial charge in [0.2, 0.25) is 5.91 Å². The largest absolute Gasteiger partial charge is 0.347 e. The van der Waals surface area contributed by atoms with Crippen molar-refractivity contribution >= 4 is 5.91 Å². The summed E-state index contributed by atoms with van der Waals surface area (Å²) in [4.78, 5) is 13.4. The zero-order chi connectivity index (χ0) is 10.8. The van der Waals surface area contributed by atoms with Gasteiger partial charge in [0, 0.05) is 32.7 Å². The molecule has 1 aliphatic carbocycles. The first-order valence-corrected chi connectivity index (χ1v) is 5.87. The molecule has 4 nitrogen and oxygen atoms in total. The maximum absolute atomic E-state index is 11.7. The van der Waals surface area contributed by atoms with E-state index in [0.717, 1.165) is 25.4 Å². The van der Waals surface area contributed by atoms with E-state index in [9.17, 15) is 4.79 Å². The maximum Gasteiger partial charge on any atom is 0.239 e. The number of hydrogen-bond acceptors (Lipinski definition) is 3. The Morgan fingerprint density at radius 1 is 1.33 bits per heavy atom. The van der Waals surface area contributed by atoms with E-state index in [1.54, 1.807) is 4.90 Å². The van der Waals surface area contributed by atoms with E-state index in [0.29, 0.717) is 6.04 Å². The Labute approximate surface area is 91.4 Å². The number of nitrogens with zero attached hydrogens (tertiary/aromatic N) is 1. The van der Waals surface area contributed by atoms with Crippen molar-refractivity contribution in [1.82, 2.24) is 15.5 Å². The van der Waals surface area contributed by atoms with Crippen molar-refractivity contribution in [1.29, 1.82) is 0 Å². The monoisotopic (exact) mass is 211 g/mol. The van der Waals surface area contributed by atoms with Gasteiger partial charge in [0.1, 0.15) is 0 Å². The van der Waals surface area contributed by atoms with Crippen LogP contribution in [0.15, 0.2) is 0 Å². The van der Waals surface area contributed by atoms with Crippen LogP contribution in [0, 0.1) is 0 Å². The van der Waals surface area contributed by atoms with E-state index < -0.39 is 0 Å². The smallest absolute Gasteiger partial charge is 0.239 e. The summed E-state index contributed by atoms with van der Waals surface area (Å²) in [6, 6.07) is 1.29. The van der Waals surface area contributed by atoms with Crippen LogP contribution >= 0.6 is 0 Å². The summed E-state index contributed by atoms with van der Waals surface area (Å²) < 4.78 is 0. The lowest BCUT2D eigenvalue weighted by Crippen LogP contribution is -2.44. The Kier molecular flexibility index (Phi) is 3.26.